The van der Waals surface area contributed by atoms with E-state index in [4.69, 9.17) is 0 Å². The van der Waals surface area contributed by atoms with Gasteiger partial charge in [-0.15, -0.1) is 0 Å². The lowest BCUT2D eigenvalue weighted by atomic mass is 9.33. The molecule has 0 saturated carbocycles. The second-order valence-corrected chi connectivity index (χ2v) is 27.8. The van der Waals surface area contributed by atoms with Crippen LogP contribution in [-0.4, -0.2) is 22.9 Å². The van der Waals surface area contributed by atoms with Crippen LogP contribution in [0.5, 0.6) is 0 Å². The van der Waals surface area contributed by atoms with Crippen molar-refractivity contribution in [3.8, 4) is 11.1 Å². The van der Waals surface area contributed by atoms with Gasteiger partial charge >= 0.3 is 0 Å². The normalized spacial score (nSPS) is 13.6. The molecule has 2 nitrogen and oxygen atoms in total. The van der Waals surface area contributed by atoms with E-state index in [0.717, 1.165) is 11.4 Å². The van der Waals surface area contributed by atoms with Crippen molar-refractivity contribution in [2.75, 3.05) is 9.80 Å². The molecular weight excluding hydrogens is 936 g/mol. The molecule has 3 aliphatic heterocycles. The third kappa shape index (κ3) is 6.39. The smallest absolute Gasteiger partial charge is 0.252 e. The number of nitrogens with zero attached hydrogens (tertiary/aromatic N) is 2. The minimum absolute atomic E-state index is 0.0434. The summed E-state index contributed by atoms with van der Waals surface area (Å²) in [6.45, 7) is -0.0434. The molecule has 0 saturated heterocycles. The largest absolute Gasteiger partial charge is 0.311 e. The molecule has 0 bridgehead atoms. The summed E-state index contributed by atoms with van der Waals surface area (Å²) in [5.41, 5.74) is 13.8. The second kappa shape index (κ2) is 17.3. The van der Waals surface area contributed by atoms with Crippen molar-refractivity contribution in [3.05, 3.63) is 297 Å². The van der Waals surface area contributed by atoms with Gasteiger partial charge < -0.3 is 9.80 Å². The quantitative estimate of drug-likeness (QED) is 0.111. The van der Waals surface area contributed by atoms with E-state index in [2.05, 4.69) is 307 Å². The summed E-state index contributed by atoms with van der Waals surface area (Å²) in [7, 11) is -5.96. The molecule has 0 unspecified atom stereocenters. The van der Waals surface area contributed by atoms with Gasteiger partial charge in [0.2, 0.25) is 0 Å². The summed E-state index contributed by atoms with van der Waals surface area (Å²) < 4.78 is 0. The molecule has 3 heterocycles. The molecule has 0 radical (unpaired) electrons. The molecular formula is C70H49BN2Si2. The Bertz CT molecular complexity index is 4000. The van der Waals surface area contributed by atoms with Crippen LogP contribution in [-0.2, 0) is 0 Å². The van der Waals surface area contributed by atoms with Gasteiger partial charge in [-0.2, -0.15) is 0 Å². The number of fused-ring (bicyclic) bond motifs is 8. The average molecular weight is 985 g/mol. The Balaban J connectivity index is 1.10. The SMILES string of the molecule is c1ccc(N2c3cc4ccccc4cc3B3c4ccccc4N(c4ccc5c(c4)[Si](c4ccccc4)(c4ccccc4)c4ccccc4-5)c4cc([Si](c5ccccc5)(c5ccccc5)c5ccccc5)cc2c43)cc1. The molecule has 0 spiro atoms. The van der Waals surface area contributed by atoms with Crippen molar-refractivity contribution in [2.45, 2.75) is 0 Å². The van der Waals surface area contributed by atoms with Gasteiger partial charge in [-0.3, -0.25) is 0 Å². The highest BCUT2D eigenvalue weighted by Crippen LogP contribution is 2.45. The third-order valence-electron chi connectivity index (χ3n) is 16.6. The lowest BCUT2D eigenvalue weighted by Gasteiger charge is -2.46. The van der Waals surface area contributed by atoms with Crippen molar-refractivity contribution >= 4 is 126 Å². The maximum atomic E-state index is 2.65. The van der Waals surface area contributed by atoms with Crippen LogP contribution >= 0.6 is 0 Å². The molecule has 12 aromatic rings. The molecule has 350 valence electrons. The van der Waals surface area contributed by atoms with Crippen molar-refractivity contribution < 1.29 is 0 Å². The molecule has 5 heteroatoms. The van der Waals surface area contributed by atoms with Gasteiger partial charge in [-0.25, -0.2) is 0 Å². The van der Waals surface area contributed by atoms with Gasteiger partial charge in [0, 0.05) is 34.1 Å². The zero-order valence-electron chi connectivity index (χ0n) is 41.3. The Morgan fingerprint density at radius 2 is 0.760 bits per heavy atom. The van der Waals surface area contributed by atoms with Gasteiger partial charge in [0.15, 0.2) is 16.1 Å². The number of para-hydroxylation sites is 2. The maximum absolute atomic E-state index is 3.11. The molecule has 15 rings (SSSR count). The average Bonchev–Trinajstić information content (AvgIpc) is 3.95. The number of anilines is 6. The Kier molecular flexibility index (Phi) is 10.1. The molecule has 0 aliphatic carbocycles. The summed E-state index contributed by atoms with van der Waals surface area (Å²) in [6.07, 6.45) is 0. The summed E-state index contributed by atoms with van der Waals surface area (Å²) in [4.78, 5) is 5.25. The summed E-state index contributed by atoms with van der Waals surface area (Å²) >= 11 is 0. The van der Waals surface area contributed by atoms with Crippen LogP contribution in [0.2, 0.25) is 0 Å². The van der Waals surface area contributed by atoms with E-state index in [-0.39, 0.29) is 6.71 Å². The minimum atomic E-state index is -3.11. The van der Waals surface area contributed by atoms with Crippen LogP contribution in [0.1, 0.15) is 0 Å². The maximum Gasteiger partial charge on any atom is 0.252 e. The Morgan fingerprint density at radius 1 is 0.293 bits per heavy atom. The van der Waals surface area contributed by atoms with Crippen LogP contribution in [0.3, 0.4) is 0 Å². The topological polar surface area (TPSA) is 6.48 Å². The number of rotatable bonds is 8. The van der Waals surface area contributed by atoms with Crippen LogP contribution in [0.15, 0.2) is 297 Å². The van der Waals surface area contributed by atoms with E-state index in [9.17, 15) is 0 Å². The third-order valence-corrected chi connectivity index (χ3v) is 26.2. The van der Waals surface area contributed by atoms with Gasteiger partial charge in [0.25, 0.3) is 6.71 Å². The van der Waals surface area contributed by atoms with E-state index < -0.39 is 16.1 Å². The fourth-order valence-corrected chi connectivity index (χ4v) is 23.6. The van der Waals surface area contributed by atoms with Crippen LogP contribution < -0.4 is 67.7 Å². The second-order valence-electron chi connectivity index (χ2n) is 20.3. The first-order chi connectivity index (χ1) is 37.2. The molecule has 0 atom stereocenters. The highest BCUT2D eigenvalue weighted by Gasteiger charge is 2.51. The Labute approximate surface area is 441 Å². The van der Waals surface area contributed by atoms with Crippen molar-refractivity contribution in [1.82, 2.24) is 0 Å². The Morgan fingerprint density at radius 3 is 1.36 bits per heavy atom. The van der Waals surface area contributed by atoms with Gasteiger partial charge in [-0.05, 0) is 128 Å². The highest BCUT2D eigenvalue weighted by atomic mass is 28.3. The van der Waals surface area contributed by atoms with Gasteiger partial charge in [-0.1, -0.05) is 249 Å². The monoisotopic (exact) mass is 984 g/mol. The predicted molar refractivity (Wildman–Crippen MR) is 324 cm³/mol. The minimum Gasteiger partial charge on any atom is -0.311 e. The van der Waals surface area contributed by atoms with Crippen LogP contribution in [0.4, 0.5) is 34.1 Å². The van der Waals surface area contributed by atoms with Crippen molar-refractivity contribution in [1.29, 1.82) is 0 Å². The molecule has 0 amide bonds. The first kappa shape index (κ1) is 43.6. The summed E-state index contributed by atoms with van der Waals surface area (Å²) in [6, 6.07) is 113. The van der Waals surface area contributed by atoms with Crippen LogP contribution in [0.25, 0.3) is 21.9 Å². The van der Waals surface area contributed by atoms with Crippen molar-refractivity contribution in [3.63, 3.8) is 0 Å². The standard InChI is InChI=1S/C70H49BN2Si2/c1-7-27-52(28-8-1)72-65-46-51-26-20-19-25-50(51)45-63(65)71-62-40-22-23-41-64(62)73(53-43-44-61-60-39-21-24-42-68(60)75(69(61)47-53,57-35-15-5-16-36-57)58-37-17-6-18-38-58)67-49-59(48-66(72)70(67)71)74(54-29-9-2-10-30-54,55-31-11-3-12-32-55)56-33-13-4-14-34-56/h1-49H. The van der Waals surface area contributed by atoms with Crippen LogP contribution in [0, 0.1) is 0 Å². The zero-order valence-corrected chi connectivity index (χ0v) is 43.3. The lowest BCUT2D eigenvalue weighted by molar-refractivity contribution is 1.26. The predicted octanol–water partition coefficient (Wildman–Crippen LogP) is 9.66. The molecule has 0 aromatic heterocycles. The van der Waals surface area contributed by atoms with Crippen molar-refractivity contribution in [2.24, 2.45) is 0 Å². The lowest BCUT2D eigenvalue weighted by Crippen LogP contribution is -2.75. The number of hydrogen-bond donors (Lipinski definition) is 0. The molecule has 0 fully saturated rings. The highest BCUT2D eigenvalue weighted by molar-refractivity contribution is 7.22. The van der Waals surface area contributed by atoms with E-state index in [1.807, 2.05) is 0 Å². The fraction of sp³-hybridized carbons (Fsp3) is 0. The molecule has 0 N–H and O–H groups in total. The van der Waals surface area contributed by atoms with E-state index in [1.54, 1.807) is 0 Å². The fourth-order valence-electron chi connectivity index (χ4n) is 13.6. The molecule has 3 aliphatic rings. The van der Waals surface area contributed by atoms with E-state index in [0.29, 0.717) is 0 Å². The van der Waals surface area contributed by atoms with Gasteiger partial charge in [0.1, 0.15) is 0 Å². The summed E-state index contributed by atoms with van der Waals surface area (Å²) in [5, 5.41) is 13.5. The van der Waals surface area contributed by atoms with Gasteiger partial charge in [0.05, 0.1) is 0 Å². The number of benzene rings is 12. The zero-order chi connectivity index (χ0) is 49.5. The Hall–Kier alpha value is -9.00. The first-order valence-electron chi connectivity index (χ1n) is 26.2. The first-order valence-corrected chi connectivity index (χ1v) is 30.2. The molecule has 75 heavy (non-hydrogen) atoms. The molecule has 12 aromatic carbocycles. The summed E-state index contributed by atoms with van der Waals surface area (Å²) in [5.74, 6) is 0. The number of hydrogen-bond acceptors (Lipinski definition) is 2. The van der Waals surface area contributed by atoms with E-state index in [1.165, 1.54) is 103 Å². The van der Waals surface area contributed by atoms with E-state index >= 15 is 0 Å².